The zero-order chi connectivity index (χ0) is 28.1. The van der Waals surface area contributed by atoms with Crippen molar-refractivity contribution in [2.75, 3.05) is 20.2 Å². The molecule has 210 valence electrons. The molecule has 12 nitrogen and oxygen atoms in total. The Balaban J connectivity index is 0.00000533. The molecular formula is C26H31ClN4O8. The number of nitrogens with zero attached hydrogens (tertiary/aromatic N) is 2. The van der Waals surface area contributed by atoms with E-state index >= 15 is 0 Å². The highest BCUT2D eigenvalue weighted by atomic mass is 35.5. The summed E-state index contributed by atoms with van der Waals surface area (Å²) in [5, 5.41) is 59.3. The second-order valence-electron chi connectivity index (χ2n) is 8.83. The minimum Gasteiger partial charge on any atom is -0.478 e. The third-order valence-corrected chi connectivity index (χ3v) is 6.02. The van der Waals surface area contributed by atoms with E-state index in [0.29, 0.717) is 22.2 Å². The summed E-state index contributed by atoms with van der Waals surface area (Å²) in [6.45, 7) is -1.16. The molecule has 3 aromatic rings. The first-order chi connectivity index (χ1) is 17.9. The van der Waals surface area contributed by atoms with Gasteiger partial charge in [0, 0.05) is 19.2 Å². The molecule has 0 unspecified atom stereocenters. The minimum absolute atomic E-state index is 0. The number of carbonyl (C=O) groups is 2. The van der Waals surface area contributed by atoms with Crippen LogP contribution in [-0.2, 0) is 0 Å². The van der Waals surface area contributed by atoms with Gasteiger partial charge < -0.3 is 47.0 Å². The maximum absolute atomic E-state index is 12.9. The lowest BCUT2D eigenvalue weighted by molar-refractivity contribution is -0.117. The van der Waals surface area contributed by atoms with Gasteiger partial charge in [-0.3, -0.25) is 4.79 Å². The van der Waals surface area contributed by atoms with Gasteiger partial charge in [0.25, 0.3) is 5.91 Å². The normalized spacial score (nSPS) is 14.0. The van der Waals surface area contributed by atoms with Crippen LogP contribution in [0.5, 0.6) is 0 Å². The molecule has 0 saturated carbocycles. The number of amides is 1. The maximum Gasteiger partial charge on any atom is 0.336 e. The van der Waals surface area contributed by atoms with Crippen molar-refractivity contribution in [3.05, 3.63) is 65.7 Å². The van der Waals surface area contributed by atoms with Gasteiger partial charge in [0.1, 0.15) is 24.4 Å². The molecule has 0 spiro atoms. The van der Waals surface area contributed by atoms with E-state index in [1.165, 1.54) is 19.2 Å². The van der Waals surface area contributed by atoms with Crippen LogP contribution in [0.4, 0.5) is 5.69 Å². The molecule has 0 saturated heterocycles. The number of carboxylic acid groups (broad SMARTS) is 1. The van der Waals surface area contributed by atoms with Gasteiger partial charge in [-0.1, -0.05) is 18.2 Å². The molecule has 10 N–H and O–H groups in total. The van der Waals surface area contributed by atoms with Crippen molar-refractivity contribution in [1.82, 2.24) is 4.90 Å². The van der Waals surface area contributed by atoms with Crippen molar-refractivity contribution in [3.63, 3.8) is 0 Å². The minimum atomic E-state index is -1.80. The van der Waals surface area contributed by atoms with Crippen LogP contribution < -0.4 is 11.5 Å². The zero-order valence-electron chi connectivity index (χ0n) is 20.9. The summed E-state index contributed by atoms with van der Waals surface area (Å²) in [5.41, 5.74) is 12.6. The van der Waals surface area contributed by atoms with Gasteiger partial charge >= 0.3 is 5.97 Å². The van der Waals surface area contributed by atoms with Crippen molar-refractivity contribution >= 4 is 46.7 Å². The van der Waals surface area contributed by atoms with Crippen LogP contribution in [0.1, 0.15) is 20.7 Å². The van der Waals surface area contributed by atoms with Gasteiger partial charge in [-0.25, -0.2) is 9.79 Å². The number of benzene rings is 3. The highest BCUT2D eigenvalue weighted by Crippen LogP contribution is 2.31. The second-order valence-corrected chi connectivity index (χ2v) is 8.83. The third-order valence-electron chi connectivity index (χ3n) is 6.02. The Hall–Kier alpha value is -3.78. The van der Waals surface area contributed by atoms with Crippen molar-refractivity contribution in [1.29, 1.82) is 0 Å². The number of carbonyl (C=O) groups excluding carboxylic acids is 1. The Bertz CT molecular complexity index is 1370. The summed E-state index contributed by atoms with van der Waals surface area (Å²) in [6, 6.07) is 14.5. The SMILES string of the molecule is CN(C[C@H](O)[C@@H](O)[C@H](O)[C@H](O)CO)C(=O)c1ccc2cc(-c3cc(N=C(N)N)ccc3C(=O)O)ccc2c1.Cl. The van der Waals surface area contributed by atoms with Crippen LogP contribution in [0.25, 0.3) is 21.9 Å². The molecule has 0 fully saturated rings. The first kappa shape index (κ1) is 31.4. The van der Waals surface area contributed by atoms with Crippen LogP contribution in [0, 0.1) is 0 Å². The van der Waals surface area contributed by atoms with Gasteiger partial charge in [0.15, 0.2) is 5.96 Å². The molecule has 1 amide bonds. The maximum atomic E-state index is 12.9. The summed E-state index contributed by atoms with van der Waals surface area (Å²) >= 11 is 0. The molecule has 0 radical (unpaired) electrons. The topological polar surface area (TPSA) is 223 Å². The molecule has 0 aromatic heterocycles. The molecule has 3 rings (SSSR count). The van der Waals surface area contributed by atoms with E-state index in [-0.39, 0.29) is 36.0 Å². The molecule has 0 aliphatic heterocycles. The number of aliphatic hydroxyl groups is 5. The monoisotopic (exact) mass is 562 g/mol. The zero-order valence-corrected chi connectivity index (χ0v) is 21.7. The quantitative estimate of drug-likeness (QED) is 0.122. The fourth-order valence-electron chi connectivity index (χ4n) is 3.98. The average molecular weight is 563 g/mol. The van der Waals surface area contributed by atoms with Crippen molar-refractivity contribution < 1.29 is 40.2 Å². The van der Waals surface area contributed by atoms with Crippen LogP contribution >= 0.6 is 12.4 Å². The van der Waals surface area contributed by atoms with Gasteiger partial charge in [0.2, 0.25) is 0 Å². The first-order valence-electron chi connectivity index (χ1n) is 11.5. The summed E-state index contributed by atoms with van der Waals surface area (Å²) in [5.74, 6) is -1.76. The molecule has 0 bridgehead atoms. The van der Waals surface area contributed by atoms with Crippen LogP contribution in [-0.4, -0.2) is 98.0 Å². The standard InChI is InChI=1S/C26H30N4O8.ClH/c1-30(11-20(32)22(34)23(35)21(33)12-31)24(36)16-5-3-13-8-15(4-2-14(13)9-16)19-10-17(29-26(27)28)6-7-18(19)25(37)38;/h2-10,20-23,31-35H,11-12H2,1H3,(H,37,38)(H4,27,28,29);1H/t20-,21+,22+,23+;/m0./s1. The highest BCUT2D eigenvalue weighted by molar-refractivity contribution is 6.01. The molecule has 0 aliphatic rings. The van der Waals surface area contributed by atoms with Gasteiger partial charge in [0.05, 0.1) is 17.9 Å². The number of carboxylic acids is 1. The van der Waals surface area contributed by atoms with E-state index in [1.54, 1.807) is 42.5 Å². The molecule has 4 atom stereocenters. The summed E-state index contributed by atoms with van der Waals surface area (Å²) in [7, 11) is 1.40. The van der Waals surface area contributed by atoms with E-state index in [2.05, 4.69) is 4.99 Å². The first-order valence-corrected chi connectivity index (χ1v) is 11.5. The van der Waals surface area contributed by atoms with E-state index in [0.717, 1.165) is 10.3 Å². The predicted octanol–water partition coefficient (Wildman–Crippen LogP) is 0.0396. The lowest BCUT2D eigenvalue weighted by atomic mass is 9.96. The van der Waals surface area contributed by atoms with Crippen LogP contribution in [0.3, 0.4) is 0 Å². The summed E-state index contributed by atoms with van der Waals surface area (Å²) < 4.78 is 0. The molecule has 39 heavy (non-hydrogen) atoms. The Labute approximate surface area is 229 Å². The number of likely N-dealkylation sites (N-methyl/N-ethyl adjacent to an activating group) is 1. The fourth-order valence-corrected chi connectivity index (χ4v) is 3.98. The fraction of sp³-hybridized carbons (Fsp3) is 0.269. The van der Waals surface area contributed by atoms with Crippen molar-refractivity contribution in [2.24, 2.45) is 16.5 Å². The lowest BCUT2D eigenvalue weighted by Crippen LogP contribution is -2.49. The van der Waals surface area contributed by atoms with Crippen molar-refractivity contribution in [3.8, 4) is 11.1 Å². The smallest absolute Gasteiger partial charge is 0.336 e. The predicted molar refractivity (Wildman–Crippen MR) is 147 cm³/mol. The molecule has 0 heterocycles. The third kappa shape index (κ3) is 7.41. The number of hydrogen-bond acceptors (Lipinski definition) is 8. The van der Waals surface area contributed by atoms with E-state index < -0.39 is 42.9 Å². The van der Waals surface area contributed by atoms with E-state index in [1.807, 2.05) is 0 Å². The largest absolute Gasteiger partial charge is 0.478 e. The summed E-state index contributed by atoms with van der Waals surface area (Å²) in [6.07, 6.45) is -6.81. The Morgan fingerprint density at radius 2 is 1.51 bits per heavy atom. The summed E-state index contributed by atoms with van der Waals surface area (Å²) in [4.78, 5) is 29.8. The van der Waals surface area contributed by atoms with Crippen LogP contribution in [0.15, 0.2) is 59.6 Å². The number of guanidine groups is 1. The molecular weight excluding hydrogens is 532 g/mol. The number of rotatable bonds is 10. The Morgan fingerprint density at radius 3 is 2.13 bits per heavy atom. The van der Waals surface area contributed by atoms with E-state index in [9.17, 15) is 35.1 Å². The van der Waals surface area contributed by atoms with Gasteiger partial charge in [-0.05, 0) is 58.3 Å². The number of aliphatic imine (C=N–C) groups is 1. The number of hydrogen-bond donors (Lipinski definition) is 8. The Kier molecular flexibility index (Phi) is 10.7. The highest BCUT2D eigenvalue weighted by Gasteiger charge is 2.31. The van der Waals surface area contributed by atoms with E-state index in [4.69, 9.17) is 16.6 Å². The van der Waals surface area contributed by atoms with Crippen molar-refractivity contribution in [2.45, 2.75) is 24.4 Å². The molecule has 13 heteroatoms. The van der Waals surface area contributed by atoms with Gasteiger partial charge in [-0.2, -0.15) is 0 Å². The number of fused-ring (bicyclic) bond motifs is 1. The average Bonchev–Trinajstić information content (AvgIpc) is 2.89. The molecule has 0 aliphatic carbocycles. The van der Waals surface area contributed by atoms with Crippen LogP contribution in [0.2, 0.25) is 0 Å². The second kappa shape index (κ2) is 13.3. The molecule has 3 aromatic carbocycles. The lowest BCUT2D eigenvalue weighted by Gasteiger charge is -2.28. The Morgan fingerprint density at radius 1 is 0.897 bits per heavy atom. The number of halogens is 1. The number of aliphatic hydroxyl groups excluding tert-OH is 5. The number of aromatic carboxylic acids is 1. The number of nitrogens with two attached hydrogens (primary N) is 2. The van der Waals surface area contributed by atoms with Gasteiger partial charge in [-0.15, -0.1) is 12.4 Å².